The lowest BCUT2D eigenvalue weighted by Gasteiger charge is -2.29. The lowest BCUT2D eigenvalue weighted by Crippen LogP contribution is -3.11. The average Bonchev–Trinajstić information content (AvgIpc) is 2.66. The summed E-state index contributed by atoms with van der Waals surface area (Å²) < 4.78 is 13.9. The number of hydrogen-bond acceptors (Lipinski definition) is 1. The molecule has 2 aromatic carbocycles. The van der Waals surface area contributed by atoms with E-state index < -0.39 is 0 Å². The molecule has 0 aromatic heterocycles. The van der Waals surface area contributed by atoms with Gasteiger partial charge in [0, 0.05) is 25.3 Å². The van der Waals surface area contributed by atoms with Crippen LogP contribution in [0.2, 0.25) is 5.02 Å². The van der Waals surface area contributed by atoms with Crippen LogP contribution < -0.4 is 10.2 Å². The van der Waals surface area contributed by atoms with Crippen LogP contribution in [-0.4, -0.2) is 25.5 Å². The van der Waals surface area contributed by atoms with Crippen molar-refractivity contribution in [3.05, 3.63) is 70.5 Å². The second kappa shape index (κ2) is 9.15. The maximum absolute atomic E-state index is 13.9. The van der Waals surface area contributed by atoms with Crippen LogP contribution in [0, 0.1) is 11.7 Å². The van der Waals surface area contributed by atoms with Crippen molar-refractivity contribution in [2.24, 2.45) is 5.92 Å². The van der Waals surface area contributed by atoms with Crippen molar-refractivity contribution in [1.82, 2.24) is 5.32 Å². The number of carbonyl (C=O) groups excluding carboxylic acids is 1. The average molecular weight is 376 g/mol. The number of nitrogens with one attached hydrogen (secondary N) is 2. The first kappa shape index (κ1) is 18.9. The zero-order valence-corrected chi connectivity index (χ0v) is 15.6. The SMILES string of the molecule is O=C(NCCc1ccccc1)C1CC[NH+](Cc2c(F)cccc2Cl)CC1. The fourth-order valence-electron chi connectivity index (χ4n) is 3.54. The van der Waals surface area contributed by atoms with E-state index >= 15 is 0 Å². The molecule has 0 saturated carbocycles. The van der Waals surface area contributed by atoms with E-state index in [0.29, 0.717) is 23.7 Å². The Morgan fingerprint density at radius 3 is 2.54 bits per heavy atom. The van der Waals surface area contributed by atoms with Crippen LogP contribution in [0.4, 0.5) is 4.39 Å². The summed E-state index contributed by atoms with van der Waals surface area (Å²) in [5.74, 6) is -0.0414. The molecule has 138 valence electrons. The number of amides is 1. The van der Waals surface area contributed by atoms with E-state index in [-0.39, 0.29) is 17.6 Å². The van der Waals surface area contributed by atoms with Gasteiger partial charge in [0.15, 0.2) is 0 Å². The molecule has 1 saturated heterocycles. The van der Waals surface area contributed by atoms with Gasteiger partial charge in [0.1, 0.15) is 12.4 Å². The predicted octanol–water partition coefficient (Wildman–Crippen LogP) is 2.63. The summed E-state index contributed by atoms with van der Waals surface area (Å²) in [6.07, 6.45) is 2.51. The van der Waals surface area contributed by atoms with E-state index in [0.717, 1.165) is 32.4 Å². The predicted molar refractivity (Wildman–Crippen MR) is 102 cm³/mol. The highest BCUT2D eigenvalue weighted by atomic mass is 35.5. The van der Waals surface area contributed by atoms with Crippen LogP contribution in [0.3, 0.4) is 0 Å². The fraction of sp³-hybridized carbons (Fsp3) is 0.381. The zero-order valence-electron chi connectivity index (χ0n) is 14.8. The Labute approximate surface area is 159 Å². The number of carbonyl (C=O) groups is 1. The first-order valence-electron chi connectivity index (χ1n) is 9.21. The minimum absolute atomic E-state index is 0.0608. The Morgan fingerprint density at radius 1 is 1.12 bits per heavy atom. The normalized spacial score (nSPS) is 19.9. The molecule has 0 bridgehead atoms. The Hall–Kier alpha value is -1.91. The Balaban J connectivity index is 1.42. The quantitative estimate of drug-likeness (QED) is 0.799. The van der Waals surface area contributed by atoms with Crippen LogP contribution >= 0.6 is 11.6 Å². The van der Waals surface area contributed by atoms with Crippen molar-refractivity contribution in [2.45, 2.75) is 25.8 Å². The lowest BCUT2D eigenvalue weighted by atomic mass is 9.95. The summed E-state index contributed by atoms with van der Waals surface area (Å²) in [5, 5.41) is 3.54. The molecular weight excluding hydrogens is 351 g/mol. The van der Waals surface area contributed by atoms with Gasteiger partial charge in [-0.1, -0.05) is 48.0 Å². The minimum atomic E-state index is -0.245. The summed E-state index contributed by atoms with van der Waals surface area (Å²) in [4.78, 5) is 13.6. The highest BCUT2D eigenvalue weighted by Gasteiger charge is 2.28. The first-order chi connectivity index (χ1) is 12.6. The number of likely N-dealkylation sites (tertiary alicyclic amines) is 1. The summed E-state index contributed by atoms with van der Waals surface area (Å²) in [7, 11) is 0. The largest absolute Gasteiger partial charge is 0.356 e. The molecule has 0 radical (unpaired) electrons. The third-order valence-corrected chi connectivity index (χ3v) is 5.46. The molecule has 1 heterocycles. The van der Waals surface area contributed by atoms with Crippen LogP contribution in [0.25, 0.3) is 0 Å². The summed E-state index contributed by atoms with van der Waals surface area (Å²) in [5.41, 5.74) is 1.81. The van der Waals surface area contributed by atoms with Gasteiger partial charge in [-0.15, -0.1) is 0 Å². The number of benzene rings is 2. The minimum Gasteiger partial charge on any atom is -0.356 e. The summed E-state index contributed by atoms with van der Waals surface area (Å²) in [6, 6.07) is 15.0. The Kier molecular flexibility index (Phi) is 6.64. The molecule has 0 atom stereocenters. The monoisotopic (exact) mass is 375 g/mol. The van der Waals surface area contributed by atoms with E-state index in [4.69, 9.17) is 11.6 Å². The van der Waals surface area contributed by atoms with Crippen molar-refractivity contribution in [1.29, 1.82) is 0 Å². The second-order valence-electron chi connectivity index (χ2n) is 6.93. The summed E-state index contributed by atoms with van der Waals surface area (Å²) in [6.45, 7) is 2.97. The summed E-state index contributed by atoms with van der Waals surface area (Å²) >= 11 is 6.12. The van der Waals surface area contributed by atoms with Gasteiger partial charge < -0.3 is 10.2 Å². The molecule has 5 heteroatoms. The van der Waals surface area contributed by atoms with Crippen LogP contribution in [0.15, 0.2) is 48.5 Å². The molecule has 0 unspecified atom stereocenters. The van der Waals surface area contributed by atoms with Gasteiger partial charge in [0.05, 0.1) is 23.7 Å². The standard InChI is InChI=1S/C21H24ClFN2O/c22-19-7-4-8-20(23)18(19)15-25-13-10-17(11-14-25)21(26)24-12-9-16-5-2-1-3-6-16/h1-8,17H,9-15H2,(H,24,26)/p+1. The van der Waals surface area contributed by atoms with E-state index in [1.165, 1.54) is 16.5 Å². The molecule has 2 aromatic rings. The van der Waals surface area contributed by atoms with Crippen LogP contribution in [0.1, 0.15) is 24.0 Å². The molecule has 1 amide bonds. The second-order valence-corrected chi connectivity index (χ2v) is 7.34. The first-order valence-corrected chi connectivity index (χ1v) is 9.59. The number of rotatable bonds is 6. The number of piperidine rings is 1. The molecule has 1 aliphatic rings. The highest BCUT2D eigenvalue weighted by molar-refractivity contribution is 6.31. The number of hydrogen-bond donors (Lipinski definition) is 2. The van der Waals surface area contributed by atoms with E-state index in [9.17, 15) is 9.18 Å². The number of halogens is 2. The molecule has 26 heavy (non-hydrogen) atoms. The van der Waals surface area contributed by atoms with Crippen molar-refractivity contribution in [2.75, 3.05) is 19.6 Å². The van der Waals surface area contributed by atoms with E-state index in [1.807, 2.05) is 18.2 Å². The van der Waals surface area contributed by atoms with Crippen molar-refractivity contribution in [3.8, 4) is 0 Å². The fourth-order valence-corrected chi connectivity index (χ4v) is 3.77. The third kappa shape index (κ3) is 5.05. The third-order valence-electron chi connectivity index (χ3n) is 5.11. The molecule has 1 fully saturated rings. The smallest absolute Gasteiger partial charge is 0.223 e. The van der Waals surface area contributed by atoms with Gasteiger partial charge >= 0.3 is 0 Å². The molecule has 2 N–H and O–H groups in total. The Morgan fingerprint density at radius 2 is 1.85 bits per heavy atom. The maximum Gasteiger partial charge on any atom is 0.223 e. The molecule has 0 spiro atoms. The van der Waals surface area contributed by atoms with Crippen molar-refractivity contribution < 1.29 is 14.1 Å². The zero-order chi connectivity index (χ0) is 18.4. The van der Waals surface area contributed by atoms with Crippen LogP contribution in [-0.2, 0) is 17.8 Å². The van der Waals surface area contributed by atoms with E-state index in [2.05, 4.69) is 17.4 Å². The van der Waals surface area contributed by atoms with Crippen LogP contribution in [0.5, 0.6) is 0 Å². The van der Waals surface area contributed by atoms with Crippen molar-refractivity contribution >= 4 is 17.5 Å². The number of quaternary nitrogens is 1. The molecule has 0 aliphatic carbocycles. The lowest BCUT2D eigenvalue weighted by molar-refractivity contribution is -0.919. The highest BCUT2D eigenvalue weighted by Crippen LogP contribution is 2.18. The maximum atomic E-state index is 13.9. The van der Waals surface area contributed by atoms with E-state index in [1.54, 1.807) is 12.1 Å². The van der Waals surface area contributed by atoms with Gasteiger partial charge in [0.2, 0.25) is 5.91 Å². The molecular formula is C21H25ClFN2O+. The molecule has 1 aliphatic heterocycles. The van der Waals surface area contributed by atoms with Gasteiger partial charge in [-0.3, -0.25) is 4.79 Å². The van der Waals surface area contributed by atoms with Gasteiger partial charge in [0.25, 0.3) is 0 Å². The molecule has 3 nitrogen and oxygen atoms in total. The topological polar surface area (TPSA) is 33.5 Å². The Bertz CT molecular complexity index is 710. The van der Waals surface area contributed by atoms with Gasteiger partial charge in [-0.05, 0) is 24.1 Å². The van der Waals surface area contributed by atoms with Gasteiger partial charge in [-0.2, -0.15) is 0 Å². The molecule has 3 rings (SSSR count). The van der Waals surface area contributed by atoms with Gasteiger partial charge in [-0.25, -0.2) is 4.39 Å². The van der Waals surface area contributed by atoms with Crippen molar-refractivity contribution in [3.63, 3.8) is 0 Å².